The summed E-state index contributed by atoms with van der Waals surface area (Å²) >= 11 is 0. The Morgan fingerprint density at radius 2 is 2.14 bits per heavy atom. The minimum absolute atomic E-state index is 0.171. The minimum atomic E-state index is 0.171. The molecule has 0 unspecified atom stereocenters. The predicted molar refractivity (Wildman–Crippen MR) is 60.6 cm³/mol. The first-order valence-electron chi connectivity index (χ1n) is 4.89. The topological polar surface area (TPSA) is 49.5 Å². The highest BCUT2D eigenvalue weighted by atomic mass is 16.3. The second-order valence-electron chi connectivity index (χ2n) is 3.39. The van der Waals surface area contributed by atoms with Crippen LogP contribution in [0.15, 0.2) is 18.2 Å². The van der Waals surface area contributed by atoms with Crippen molar-refractivity contribution in [1.29, 1.82) is 0 Å². The SMILES string of the molecule is CCc1cc(N)ccc1N(C)CCO. The Kier molecular flexibility index (Phi) is 3.77. The van der Waals surface area contributed by atoms with E-state index in [9.17, 15) is 0 Å². The summed E-state index contributed by atoms with van der Waals surface area (Å²) in [5.41, 5.74) is 8.88. The maximum Gasteiger partial charge on any atom is 0.0606 e. The summed E-state index contributed by atoms with van der Waals surface area (Å²) in [5.74, 6) is 0. The summed E-state index contributed by atoms with van der Waals surface area (Å²) in [6, 6.07) is 5.88. The number of hydrogen-bond acceptors (Lipinski definition) is 3. The number of rotatable bonds is 4. The summed E-state index contributed by atoms with van der Waals surface area (Å²) < 4.78 is 0. The molecule has 1 rings (SSSR count). The van der Waals surface area contributed by atoms with Gasteiger partial charge in [-0.2, -0.15) is 0 Å². The molecule has 0 amide bonds. The van der Waals surface area contributed by atoms with Crippen molar-refractivity contribution in [3.8, 4) is 0 Å². The maximum absolute atomic E-state index is 8.85. The third kappa shape index (κ3) is 2.39. The fraction of sp³-hybridized carbons (Fsp3) is 0.455. The van der Waals surface area contributed by atoms with E-state index in [1.54, 1.807) is 0 Å². The van der Waals surface area contributed by atoms with Crippen LogP contribution >= 0.6 is 0 Å². The van der Waals surface area contributed by atoms with Crippen LogP contribution in [0.4, 0.5) is 11.4 Å². The number of nitrogens with zero attached hydrogens (tertiary/aromatic N) is 1. The van der Waals surface area contributed by atoms with Crippen molar-refractivity contribution < 1.29 is 5.11 Å². The Hall–Kier alpha value is -1.22. The van der Waals surface area contributed by atoms with Gasteiger partial charge in [-0.05, 0) is 30.2 Å². The molecule has 0 fully saturated rings. The first kappa shape index (κ1) is 10.9. The number of anilines is 2. The van der Waals surface area contributed by atoms with E-state index in [1.165, 1.54) is 5.56 Å². The molecule has 0 saturated carbocycles. The zero-order chi connectivity index (χ0) is 10.6. The van der Waals surface area contributed by atoms with Crippen LogP contribution in [0, 0.1) is 0 Å². The number of benzene rings is 1. The molecule has 1 aromatic rings. The minimum Gasteiger partial charge on any atom is -0.399 e. The van der Waals surface area contributed by atoms with Gasteiger partial charge in [0.25, 0.3) is 0 Å². The van der Waals surface area contributed by atoms with E-state index < -0.39 is 0 Å². The van der Waals surface area contributed by atoms with Crippen LogP contribution in [0.3, 0.4) is 0 Å². The molecule has 0 aliphatic heterocycles. The van der Waals surface area contributed by atoms with Crippen LogP contribution in [-0.2, 0) is 6.42 Å². The van der Waals surface area contributed by atoms with Crippen LogP contribution in [0.25, 0.3) is 0 Å². The molecule has 78 valence electrons. The van der Waals surface area contributed by atoms with Crippen LogP contribution < -0.4 is 10.6 Å². The van der Waals surface area contributed by atoms with E-state index in [1.807, 2.05) is 30.1 Å². The number of nitrogens with two attached hydrogens (primary N) is 1. The van der Waals surface area contributed by atoms with E-state index in [-0.39, 0.29) is 6.61 Å². The Morgan fingerprint density at radius 3 is 2.71 bits per heavy atom. The second-order valence-corrected chi connectivity index (χ2v) is 3.39. The molecule has 0 aliphatic rings. The Bertz CT molecular complexity index is 299. The largest absolute Gasteiger partial charge is 0.399 e. The molecule has 0 saturated heterocycles. The monoisotopic (exact) mass is 194 g/mol. The number of aliphatic hydroxyl groups is 1. The maximum atomic E-state index is 8.85. The molecular weight excluding hydrogens is 176 g/mol. The highest BCUT2D eigenvalue weighted by Crippen LogP contribution is 2.22. The average Bonchev–Trinajstić information content (AvgIpc) is 2.17. The van der Waals surface area contributed by atoms with E-state index in [2.05, 4.69) is 6.92 Å². The highest BCUT2D eigenvalue weighted by Gasteiger charge is 2.05. The quantitative estimate of drug-likeness (QED) is 0.709. The number of aryl methyl sites for hydroxylation is 1. The van der Waals surface area contributed by atoms with Gasteiger partial charge >= 0.3 is 0 Å². The van der Waals surface area contributed by atoms with Gasteiger partial charge in [-0.3, -0.25) is 0 Å². The van der Waals surface area contributed by atoms with Gasteiger partial charge in [0.2, 0.25) is 0 Å². The molecule has 3 heteroatoms. The molecule has 0 radical (unpaired) electrons. The van der Waals surface area contributed by atoms with Crippen LogP contribution in [0.5, 0.6) is 0 Å². The second kappa shape index (κ2) is 4.86. The van der Waals surface area contributed by atoms with Crippen LogP contribution in [0.1, 0.15) is 12.5 Å². The fourth-order valence-electron chi connectivity index (χ4n) is 1.53. The zero-order valence-electron chi connectivity index (χ0n) is 8.83. The fourth-order valence-corrected chi connectivity index (χ4v) is 1.53. The van der Waals surface area contributed by atoms with E-state index in [4.69, 9.17) is 10.8 Å². The summed E-state index contributed by atoms with van der Waals surface area (Å²) in [7, 11) is 1.97. The Labute approximate surface area is 85.2 Å². The van der Waals surface area contributed by atoms with E-state index in [0.717, 1.165) is 17.8 Å². The van der Waals surface area contributed by atoms with Crippen molar-refractivity contribution in [2.75, 3.05) is 30.8 Å². The molecular formula is C11H18N2O. The first-order chi connectivity index (χ1) is 6.69. The van der Waals surface area contributed by atoms with Crippen molar-refractivity contribution >= 4 is 11.4 Å². The van der Waals surface area contributed by atoms with Crippen molar-refractivity contribution in [1.82, 2.24) is 0 Å². The van der Waals surface area contributed by atoms with Gasteiger partial charge in [0.1, 0.15) is 0 Å². The van der Waals surface area contributed by atoms with Gasteiger partial charge in [0, 0.05) is 25.0 Å². The standard InChI is InChI=1S/C11H18N2O/c1-3-9-8-10(12)4-5-11(9)13(2)6-7-14/h4-5,8,14H,3,6-7,12H2,1-2H3. The van der Waals surface area contributed by atoms with Gasteiger partial charge < -0.3 is 15.7 Å². The van der Waals surface area contributed by atoms with Crippen molar-refractivity contribution in [3.05, 3.63) is 23.8 Å². The molecule has 3 N–H and O–H groups in total. The number of likely N-dealkylation sites (N-methyl/N-ethyl adjacent to an activating group) is 1. The third-order valence-corrected chi connectivity index (χ3v) is 2.33. The summed E-state index contributed by atoms with van der Waals surface area (Å²) in [5, 5.41) is 8.85. The number of aliphatic hydroxyl groups excluding tert-OH is 1. The molecule has 0 atom stereocenters. The smallest absolute Gasteiger partial charge is 0.0606 e. The molecule has 0 bridgehead atoms. The summed E-state index contributed by atoms with van der Waals surface area (Å²) in [6.07, 6.45) is 0.955. The summed E-state index contributed by atoms with van der Waals surface area (Å²) in [4.78, 5) is 2.04. The van der Waals surface area contributed by atoms with Gasteiger partial charge in [-0.1, -0.05) is 6.92 Å². The number of hydrogen-bond donors (Lipinski definition) is 2. The lowest BCUT2D eigenvalue weighted by molar-refractivity contribution is 0.304. The molecule has 3 nitrogen and oxygen atoms in total. The van der Waals surface area contributed by atoms with Crippen LogP contribution in [0.2, 0.25) is 0 Å². The lowest BCUT2D eigenvalue weighted by Crippen LogP contribution is -2.22. The molecule has 0 aromatic heterocycles. The first-order valence-corrected chi connectivity index (χ1v) is 4.89. The highest BCUT2D eigenvalue weighted by molar-refractivity contribution is 5.59. The van der Waals surface area contributed by atoms with Crippen molar-refractivity contribution in [2.45, 2.75) is 13.3 Å². The van der Waals surface area contributed by atoms with E-state index >= 15 is 0 Å². The summed E-state index contributed by atoms with van der Waals surface area (Å²) in [6.45, 7) is 2.92. The molecule has 14 heavy (non-hydrogen) atoms. The molecule has 0 aliphatic carbocycles. The van der Waals surface area contributed by atoms with Gasteiger partial charge in [0.05, 0.1) is 6.61 Å². The Morgan fingerprint density at radius 1 is 1.43 bits per heavy atom. The molecule has 0 heterocycles. The zero-order valence-corrected chi connectivity index (χ0v) is 8.83. The third-order valence-electron chi connectivity index (χ3n) is 2.33. The Balaban J connectivity index is 2.95. The van der Waals surface area contributed by atoms with Gasteiger partial charge in [-0.15, -0.1) is 0 Å². The normalized spacial score (nSPS) is 10.2. The number of nitrogen functional groups attached to an aromatic ring is 1. The van der Waals surface area contributed by atoms with Crippen molar-refractivity contribution in [2.24, 2.45) is 0 Å². The van der Waals surface area contributed by atoms with Crippen LogP contribution in [-0.4, -0.2) is 25.3 Å². The van der Waals surface area contributed by atoms with E-state index in [0.29, 0.717) is 6.54 Å². The van der Waals surface area contributed by atoms with Crippen molar-refractivity contribution in [3.63, 3.8) is 0 Å². The lowest BCUT2D eigenvalue weighted by atomic mass is 10.1. The average molecular weight is 194 g/mol. The lowest BCUT2D eigenvalue weighted by Gasteiger charge is -2.21. The van der Waals surface area contributed by atoms with Gasteiger partial charge in [-0.25, -0.2) is 0 Å². The van der Waals surface area contributed by atoms with Gasteiger partial charge in [0.15, 0.2) is 0 Å². The molecule has 1 aromatic carbocycles. The molecule has 0 spiro atoms. The predicted octanol–water partition coefficient (Wildman–Crippen LogP) is 1.26.